The van der Waals surface area contributed by atoms with E-state index in [1.807, 2.05) is 73.7 Å². The zero-order valence-electron chi connectivity index (χ0n) is 20.1. The van der Waals surface area contributed by atoms with Crippen molar-refractivity contribution in [1.82, 2.24) is 9.55 Å². The molecule has 1 aromatic heterocycles. The van der Waals surface area contributed by atoms with Crippen LogP contribution in [-0.4, -0.2) is 35.8 Å². The summed E-state index contributed by atoms with van der Waals surface area (Å²) in [5.41, 5.74) is 4.70. The molecule has 0 bridgehead atoms. The molecule has 4 aromatic rings. The van der Waals surface area contributed by atoms with E-state index in [1.165, 1.54) is 0 Å². The fourth-order valence-electron chi connectivity index (χ4n) is 4.80. The first kappa shape index (κ1) is 22.0. The third-order valence-corrected chi connectivity index (χ3v) is 6.51. The molecule has 0 saturated carbocycles. The Kier molecular flexibility index (Phi) is 5.48. The number of para-hydroxylation sites is 2. The molecule has 0 aliphatic carbocycles. The van der Waals surface area contributed by atoms with Crippen molar-refractivity contribution < 1.29 is 19.0 Å². The summed E-state index contributed by atoms with van der Waals surface area (Å²) in [6.45, 7) is 3.11. The van der Waals surface area contributed by atoms with Gasteiger partial charge in [-0.3, -0.25) is 9.36 Å². The van der Waals surface area contributed by atoms with Crippen LogP contribution in [0.2, 0.25) is 0 Å². The van der Waals surface area contributed by atoms with Crippen molar-refractivity contribution in [3.63, 3.8) is 0 Å². The maximum atomic E-state index is 13.8. The molecule has 3 aromatic carbocycles. The molecule has 2 aliphatic rings. The lowest BCUT2D eigenvalue weighted by molar-refractivity contribution is -0.113. The minimum absolute atomic E-state index is 0.203. The first-order chi connectivity index (χ1) is 17.6. The average Bonchev–Trinajstić information content (AvgIpc) is 3.09. The van der Waals surface area contributed by atoms with Gasteiger partial charge in [0.1, 0.15) is 5.75 Å². The molecule has 1 atom stereocenters. The highest BCUT2D eigenvalue weighted by molar-refractivity contribution is 6.06. The largest absolute Gasteiger partial charge is 0.497 e. The SMILES string of the molecule is COc1ccc(NC(=O)C2=C(C)Nc3nc4ccccc4n3C2c2ccc3c(c2)OCCCO3)cc1. The second kappa shape index (κ2) is 8.96. The molecular formula is C28H26N4O4. The van der Waals surface area contributed by atoms with E-state index >= 15 is 0 Å². The van der Waals surface area contributed by atoms with Crippen molar-refractivity contribution in [2.24, 2.45) is 0 Å². The number of imidazole rings is 1. The summed E-state index contributed by atoms with van der Waals surface area (Å²) in [7, 11) is 1.61. The van der Waals surface area contributed by atoms with E-state index in [1.54, 1.807) is 7.11 Å². The van der Waals surface area contributed by atoms with Crippen LogP contribution in [0.25, 0.3) is 11.0 Å². The fraction of sp³-hybridized carbons (Fsp3) is 0.214. The molecule has 1 unspecified atom stereocenters. The van der Waals surface area contributed by atoms with Gasteiger partial charge in [0.05, 0.1) is 43.0 Å². The van der Waals surface area contributed by atoms with Gasteiger partial charge in [0.15, 0.2) is 11.5 Å². The molecule has 2 aliphatic heterocycles. The molecule has 8 heteroatoms. The molecule has 36 heavy (non-hydrogen) atoms. The van der Waals surface area contributed by atoms with Gasteiger partial charge in [0.25, 0.3) is 5.91 Å². The van der Waals surface area contributed by atoms with Gasteiger partial charge in [0.2, 0.25) is 5.95 Å². The van der Waals surface area contributed by atoms with Crippen molar-refractivity contribution in [3.05, 3.63) is 83.6 Å². The standard InChI is InChI=1S/C28H26N4O4/c1-17-25(27(33)30-19-9-11-20(34-2)12-10-19)26(18-8-13-23-24(16-18)36-15-5-14-35-23)32-22-7-4-3-6-21(22)31-28(32)29-17/h3-4,6-13,16,26H,5,14-15H2,1-2H3,(H,29,31)(H,30,33). The van der Waals surface area contributed by atoms with E-state index < -0.39 is 6.04 Å². The Morgan fingerprint density at radius 3 is 2.64 bits per heavy atom. The quantitative estimate of drug-likeness (QED) is 0.419. The van der Waals surface area contributed by atoms with Gasteiger partial charge >= 0.3 is 0 Å². The lowest BCUT2D eigenvalue weighted by Gasteiger charge is -2.31. The molecule has 0 fully saturated rings. The number of hydrogen-bond acceptors (Lipinski definition) is 6. The summed E-state index contributed by atoms with van der Waals surface area (Å²) >= 11 is 0. The van der Waals surface area contributed by atoms with Crippen LogP contribution >= 0.6 is 0 Å². The fourth-order valence-corrected chi connectivity index (χ4v) is 4.80. The van der Waals surface area contributed by atoms with Gasteiger partial charge in [-0.05, 0) is 61.0 Å². The second-order valence-electron chi connectivity index (χ2n) is 8.80. The number of hydrogen-bond donors (Lipinski definition) is 2. The van der Waals surface area contributed by atoms with Gasteiger partial charge < -0.3 is 24.8 Å². The predicted molar refractivity (Wildman–Crippen MR) is 138 cm³/mol. The molecule has 182 valence electrons. The van der Waals surface area contributed by atoms with Crippen LogP contribution in [0.15, 0.2) is 78.0 Å². The minimum atomic E-state index is -0.427. The second-order valence-corrected chi connectivity index (χ2v) is 8.80. The monoisotopic (exact) mass is 482 g/mol. The lowest BCUT2D eigenvalue weighted by Crippen LogP contribution is -2.31. The number of anilines is 2. The van der Waals surface area contributed by atoms with Crippen LogP contribution in [0.1, 0.15) is 24.9 Å². The maximum absolute atomic E-state index is 13.8. The first-order valence-electron chi connectivity index (χ1n) is 11.9. The molecule has 0 saturated heterocycles. The number of benzene rings is 3. The molecule has 6 rings (SSSR count). The smallest absolute Gasteiger partial charge is 0.255 e. The van der Waals surface area contributed by atoms with Crippen molar-refractivity contribution in [1.29, 1.82) is 0 Å². The topological polar surface area (TPSA) is 86.6 Å². The van der Waals surface area contributed by atoms with E-state index in [2.05, 4.69) is 15.2 Å². The van der Waals surface area contributed by atoms with E-state index in [0.717, 1.165) is 34.5 Å². The van der Waals surface area contributed by atoms with Crippen LogP contribution in [0.3, 0.4) is 0 Å². The summed E-state index contributed by atoms with van der Waals surface area (Å²) in [4.78, 5) is 18.6. The highest BCUT2D eigenvalue weighted by atomic mass is 16.5. The molecule has 8 nitrogen and oxygen atoms in total. The Bertz CT molecular complexity index is 1490. The molecule has 0 radical (unpaired) electrons. The first-order valence-corrected chi connectivity index (χ1v) is 11.9. The molecule has 1 amide bonds. The van der Waals surface area contributed by atoms with Crippen LogP contribution in [0.5, 0.6) is 17.2 Å². The summed E-state index contributed by atoms with van der Waals surface area (Å²) in [6.07, 6.45) is 0.822. The number of nitrogens with zero attached hydrogens (tertiary/aromatic N) is 2. The minimum Gasteiger partial charge on any atom is -0.497 e. The van der Waals surface area contributed by atoms with Crippen LogP contribution < -0.4 is 24.8 Å². The summed E-state index contributed by atoms with van der Waals surface area (Å²) in [6, 6.07) is 20.7. The van der Waals surface area contributed by atoms with Crippen LogP contribution in [0, 0.1) is 0 Å². The molecule has 0 spiro atoms. The highest BCUT2D eigenvalue weighted by Crippen LogP contribution is 2.42. The van der Waals surface area contributed by atoms with Gasteiger partial charge in [-0.2, -0.15) is 0 Å². The lowest BCUT2D eigenvalue weighted by atomic mass is 9.94. The van der Waals surface area contributed by atoms with E-state index in [4.69, 9.17) is 19.2 Å². The predicted octanol–water partition coefficient (Wildman–Crippen LogP) is 5.13. The van der Waals surface area contributed by atoms with Crippen molar-refractivity contribution >= 4 is 28.6 Å². The number of methoxy groups -OCH3 is 1. The van der Waals surface area contributed by atoms with Crippen molar-refractivity contribution in [3.8, 4) is 17.2 Å². The summed E-state index contributed by atoms with van der Waals surface area (Å²) < 4.78 is 19.2. The third kappa shape index (κ3) is 3.80. The molecular weight excluding hydrogens is 456 g/mol. The number of rotatable bonds is 4. The number of carbonyl (C=O) groups excluding carboxylic acids is 1. The van der Waals surface area contributed by atoms with Crippen molar-refractivity contribution in [2.45, 2.75) is 19.4 Å². The van der Waals surface area contributed by atoms with Crippen LogP contribution in [0.4, 0.5) is 11.6 Å². The molecule has 2 N–H and O–H groups in total. The van der Waals surface area contributed by atoms with E-state index in [9.17, 15) is 4.79 Å². The summed E-state index contributed by atoms with van der Waals surface area (Å²) in [5.74, 6) is 2.60. The normalized spacial score (nSPS) is 16.7. The van der Waals surface area contributed by atoms with Gasteiger partial charge in [-0.15, -0.1) is 0 Å². The summed E-state index contributed by atoms with van der Waals surface area (Å²) in [5, 5.41) is 6.41. The zero-order valence-corrected chi connectivity index (χ0v) is 20.1. The van der Waals surface area contributed by atoms with Crippen LogP contribution in [-0.2, 0) is 4.79 Å². The highest BCUT2D eigenvalue weighted by Gasteiger charge is 2.34. The molecule has 3 heterocycles. The number of carbonyl (C=O) groups is 1. The number of nitrogens with one attached hydrogen (secondary N) is 2. The third-order valence-electron chi connectivity index (χ3n) is 6.51. The van der Waals surface area contributed by atoms with E-state index in [-0.39, 0.29) is 5.91 Å². The van der Waals surface area contributed by atoms with Gasteiger partial charge in [-0.25, -0.2) is 4.98 Å². The van der Waals surface area contributed by atoms with Crippen molar-refractivity contribution in [2.75, 3.05) is 31.0 Å². The number of ether oxygens (including phenoxy) is 3. The number of aromatic nitrogens is 2. The Morgan fingerprint density at radius 2 is 1.83 bits per heavy atom. The Labute approximate surface area is 208 Å². The Hall–Kier alpha value is -4.46. The van der Waals surface area contributed by atoms with Gasteiger partial charge in [0, 0.05) is 17.8 Å². The Balaban J connectivity index is 1.47. The number of allylic oxidation sites excluding steroid dienone is 1. The zero-order chi connectivity index (χ0) is 24.6. The number of amides is 1. The maximum Gasteiger partial charge on any atom is 0.255 e. The van der Waals surface area contributed by atoms with Gasteiger partial charge in [-0.1, -0.05) is 18.2 Å². The average molecular weight is 483 g/mol. The number of fused-ring (bicyclic) bond motifs is 4. The van der Waals surface area contributed by atoms with E-state index in [0.29, 0.717) is 41.9 Å². The Morgan fingerprint density at radius 1 is 1.06 bits per heavy atom.